The highest BCUT2D eigenvalue weighted by Gasteiger charge is 2.53. The van der Waals surface area contributed by atoms with Gasteiger partial charge in [0.1, 0.15) is 5.60 Å². The van der Waals surface area contributed by atoms with Crippen LogP contribution in [0.25, 0.3) is 0 Å². The maximum Gasteiger partial charge on any atom is 0.118 e. The molecule has 0 aromatic rings. The van der Waals surface area contributed by atoms with Gasteiger partial charge in [-0.2, -0.15) is 0 Å². The third-order valence-corrected chi connectivity index (χ3v) is 3.43. The van der Waals surface area contributed by atoms with E-state index in [1.54, 1.807) is 7.11 Å². The van der Waals surface area contributed by atoms with Crippen molar-refractivity contribution in [3.8, 4) is 0 Å². The van der Waals surface area contributed by atoms with E-state index in [1.165, 1.54) is 25.7 Å². The molecule has 2 nitrogen and oxygen atoms in total. The maximum absolute atomic E-state index is 9.98. The zero-order valence-electron chi connectivity index (χ0n) is 10.1. The summed E-state index contributed by atoms with van der Waals surface area (Å²) in [4.78, 5) is 0. The topological polar surface area (TPSA) is 29.5 Å². The molecule has 0 saturated heterocycles. The molecule has 0 aromatic carbocycles. The highest BCUT2D eigenvalue weighted by molar-refractivity contribution is 5.35. The van der Waals surface area contributed by atoms with Crippen molar-refractivity contribution in [1.82, 2.24) is 0 Å². The minimum absolute atomic E-state index is 0.350. The van der Waals surface area contributed by atoms with E-state index in [1.807, 2.05) is 0 Å². The Morgan fingerprint density at radius 2 is 2.00 bits per heavy atom. The van der Waals surface area contributed by atoms with Gasteiger partial charge in [0, 0.05) is 13.5 Å². The highest BCUT2D eigenvalue weighted by Crippen LogP contribution is 2.48. The predicted octanol–water partition coefficient (Wildman–Crippen LogP) is 3.05. The lowest BCUT2D eigenvalue weighted by Gasteiger charge is -2.20. The fraction of sp³-hybridized carbons (Fsp3) is 0.846. The Hall–Kier alpha value is -0.340. The summed E-state index contributed by atoms with van der Waals surface area (Å²) in [6.45, 7) is 6.10. The van der Waals surface area contributed by atoms with Gasteiger partial charge >= 0.3 is 0 Å². The van der Waals surface area contributed by atoms with Crippen molar-refractivity contribution in [2.75, 3.05) is 7.11 Å². The van der Waals surface area contributed by atoms with Crippen LogP contribution in [0.15, 0.2) is 12.2 Å². The van der Waals surface area contributed by atoms with E-state index in [0.717, 1.165) is 24.8 Å². The van der Waals surface area contributed by atoms with E-state index in [9.17, 15) is 5.11 Å². The lowest BCUT2D eigenvalue weighted by atomic mass is 10.0. The monoisotopic (exact) mass is 212 g/mol. The molecule has 0 aromatic heterocycles. The van der Waals surface area contributed by atoms with Crippen LogP contribution in [-0.2, 0) is 4.74 Å². The van der Waals surface area contributed by atoms with E-state index >= 15 is 0 Å². The summed E-state index contributed by atoms with van der Waals surface area (Å²) < 4.78 is 5.35. The molecule has 2 atom stereocenters. The first-order valence-electron chi connectivity index (χ1n) is 6.09. The van der Waals surface area contributed by atoms with E-state index < -0.39 is 0 Å². The van der Waals surface area contributed by atoms with Crippen LogP contribution in [0.2, 0.25) is 0 Å². The molecule has 15 heavy (non-hydrogen) atoms. The largest absolute Gasteiger partial charge is 0.390 e. The number of aliphatic hydroxyl groups is 1. The van der Waals surface area contributed by atoms with Crippen molar-refractivity contribution < 1.29 is 9.84 Å². The van der Waals surface area contributed by atoms with Crippen molar-refractivity contribution in [2.24, 2.45) is 0 Å². The van der Waals surface area contributed by atoms with Gasteiger partial charge in [0.05, 0.1) is 6.10 Å². The van der Waals surface area contributed by atoms with Crippen molar-refractivity contribution in [1.29, 1.82) is 0 Å². The molecule has 2 heteroatoms. The van der Waals surface area contributed by atoms with E-state index in [4.69, 9.17) is 4.74 Å². The second kappa shape index (κ2) is 5.66. The predicted molar refractivity (Wildman–Crippen MR) is 62.9 cm³/mol. The number of aliphatic hydroxyl groups excluding tert-OH is 1. The average Bonchev–Trinajstić information content (AvgIpc) is 2.90. The van der Waals surface area contributed by atoms with Gasteiger partial charge in [0.15, 0.2) is 0 Å². The molecule has 0 bridgehead atoms. The van der Waals surface area contributed by atoms with Crippen molar-refractivity contribution in [2.45, 2.75) is 63.6 Å². The standard InChI is InChI=1S/C13H24O2/c1-4-5-6-7-8-9-12(14)13(15-3)10-11(13)2/h12,14H,2,4-10H2,1,3H3/t12-,13+/m0/s1. The molecule has 1 fully saturated rings. The molecule has 1 aliphatic carbocycles. The first-order chi connectivity index (χ1) is 7.17. The molecule has 0 amide bonds. The van der Waals surface area contributed by atoms with Crippen LogP contribution in [0.4, 0.5) is 0 Å². The molecule has 0 radical (unpaired) electrons. The van der Waals surface area contributed by atoms with Crippen molar-refractivity contribution >= 4 is 0 Å². The molecule has 1 N–H and O–H groups in total. The summed E-state index contributed by atoms with van der Waals surface area (Å²) in [6, 6.07) is 0. The van der Waals surface area contributed by atoms with Crippen LogP contribution in [-0.4, -0.2) is 23.9 Å². The summed E-state index contributed by atoms with van der Waals surface area (Å²) in [7, 11) is 1.67. The average molecular weight is 212 g/mol. The molecule has 0 heterocycles. The van der Waals surface area contributed by atoms with E-state index in [0.29, 0.717) is 0 Å². The number of ether oxygens (including phenoxy) is 1. The Morgan fingerprint density at radius 3 is 2.47 bits per heavy atom. The Labute approximate surface area is 93.3 Å². The third-order valence-electron chi connectivity index (χ3n) is 3.43. The summed E-state index contributed by atoms with van der Waals surface area (Å²) >= 11 is 0. The molecule has 1 aliphatic rings. The first-order valence-corrected chi connectivity index (χ1v) is 6.09. The van der Waals surface area contributed by atoms with Crippen LogP contribution < -0.4 is 0 Å². The maximum atomic E-state index is 9.98. The lowest BCUT2D eigenvalue weighted by molar-refractivity contribution is -0.0269. The van der Waals surface area contributed by atoms with Gasteiger partial charge in [0.2, 0.25) is 0 Å². The van der Waals surface area contributed by atoms with Crippen LogP contribution in [0.5, 0.6) is 0 Å². The number of rotatable bonds is 8. The minimum Gasteiger partial charge on any atom is -0.390 e. The summed E-state index contributed by atoms with van der Waals surface area (Å²) in [5, 5.41) is 9.98. The van der Waals surface area contributed by atoms with E-state index in [2.05, 4.69) is 13.5 Å². The molecule has 1 saturated carbocycles. The number of hydrogen-bond acceptors (Lipinski definition) is 2. The molecular weight excluding hydrogens is 188 g/mol. The first kappa shape index (κ1) is 12.7. The molecule has 0 aliphatic heterocycles. The normalized spacial score (nSPS) is 26.7. The second-order valence-electron chi connectivity index (χ2n) is 4.59. The van der Waals surface area contributed by atoms with Crippen LogP contribution in [0.1, 0.15) is 51.9 Å². The minimum atomic E-state index is -0.384. The Kier molecular flexibility index (Phi) is 4.81. The quantitative estimate of drug-likeness (QED) is 0.495. The number of unbranched alkanes of at least 4 members (excludes halogenated alkanes) is 4. The van der Waals surface area contributed by atoms with Gasteiger partial charge in [-0.1, -0.05) is 45.6 Å². The Bertz CT molecular complexity index is 213. The molecule has 88 valence electrons. The van der Waals surface area contributed by atoms with Gasteiger partial charge in [-0.25, -0.2) is 0 Å². The van der Waals surface area contributed by atoms with Crippen molar-refractivity contribution in [3.63, 3.8) is 0 Å². The van der Waals surface area contributed by atoms with Gasteiger partial charge in [0.25, 0.3) is 0 Å². The highest BCUT2D eigenvalue weighted by atomic mass is 16.5. The number of methoxy groups -OCH3 is 1. The van der Waals surface area contributed by atoms with Crippen LogP contribution >= 0.6 is 0 Å². The Morgan fingerprint density at radius 1 is 1.40 bits per heavy atom. The zero-order chi connectivity index (χ0) is 11.3. The summed E-state index contributed by atoms with van der Waals surface area (Å²) in [6.07, 6.45) is 7.49. The molecule has 0 spiro atoms. The van der Waals surface area contributed by atoms with Gasteiger partial charge in [-0.15, -0.1) is 0 Å². The van der Waals surface area contributed by atoms with Crippen LogP contribution in [0.3, 0.4) is 0 Å². The van der Waals surface area contributed by atoms with E-state index in [-0.39, 0.29) is 11.7 Å². The third kappa shape index (κ3) is 3.05. The Balaban J connectivity index is 2.13. The zero-order valence-corrected chi connectivity index (χ0v) is 10.1. The lowest BCUT2D eigenvalue weighted by Crippen LogP contribution is -2.30. The smallest absolute Gasteiger partial charge is 0.118 e. The number of hydrogen-bond donors (Lipinski definition) is 1. The van der Waals surface area contributed by atoms with Gasteiger partial charge < -0.3 is 9.84 Å². The summed E-state index contributed by atoms with van der Waals surface area (Å²) in [5.41, 5.74) is 0.663. The van der Waals surface area contributed by atoms with Gasteiger partial charge in [-0.05, 0) is 12.0 Å². The van der Waals surface area contributed by atoms with Crippen LogP contribution in [0, 0.1) is 0 Å². The van der Waals surface area contributed by atoms with Gasteiger partial charge in [-0.3, -0.25) is 0 Å². The molecule has 1 rings (SSSR count). The molecular formula is C13H24O2. The fourth-order valence-corrected chi connectivity index (χ4v) is 2.15. The molecule has 0 unspecified atom stereocenters. The van der Waals surface area contributed by atoms with Crippen molar-refractivity contribution in [3.05, 3.63) is 12.2 Å². The fourth-order valence-electron chi connectivity index (χ4n) is 2.15. The summed E-state index contributed by atoms with van der Waals surface area (Å²) in [5.74, 6) is 0. The second-order valence-corrected chi connectivity index (χ2v) is 4.59. The SMILES string of the molecule is C=C1C[C@]1(OC)[C@@H](O)CCCCCCC.